The van der Waals surface area contributed by atoms with Gasteiger partial charge >= 0.3 is 17.2 Å². The Balaban J connectivity index is 0.00000147. The van der Waals surface area contributed by atoms with Crippen molar-refractivity contribution in [1.29, 1.82) is 0 Å². The maximum Gasteiger partial charge on any atom is 0.439 e. The van der Waals surface area contributed by atoms with E-state index < -0.39 is 11.4 Å². The SMILES string of the molecule is C.Cc1cc(C)c(-n2c(=O)n3n(c2=O)CCC3)[n+]([O-])c1. The molecule has 0 unspecified atom stereocenters. The second-order valence-corrected chi connectivity index (χ2v) is 4.85. The van der Waals surface area contributed by atoms with Gasteiger partial charge in [0.1, 0.15) is 0 Å². The van der Waals surface area contributed by atoms with E-state index >= 15 is 0 Å². The van der Waals surface area contributed by atoms with Crippen LogP contribution in [0.1, 0.15) is 25.0 Å². The van der Waals surface area contributed by atoms with Gasteiger partial charge < -0.3 is 5.21 Å². The second kappa shape index (κ2) is 4.66. The van der Waals surface area contributed by atoms with Crippen LogP contribution in [0.5, 0.6) is 0 Å². The van der Waals surface area contributed by atoms with E-state index in [1.807, 2.05) is 0 Å². The van der Waals surface area contributed by atoms with E-state index in [2.05, 4.69) is 0 Å². The van der Waals surface area contributed by atoms with Crippen LogP contribution in [0.4, 0.5) is 0 Å². The largest absolute Gasteiger partial charge is 0.711 e. The fourth-order valence-electron chi connectivity index (χ4n) is 2.64. The molecule has 7 heteroatoms. The molecule has 0 atom stereocenters. The topological polar surface area (TPSA) is 75.9 Å². The van der Waals surface area contributed by atoms with E-state index in [4.69, 9.17) is 0 Å². The van der Waals surface area contributed by atoms with Gasteiger partial charge in [0.05, 0.1) is 6.20 Å². The predicted molar refractivity (Wildman–Crippen MR) is 74.1 cm³/mol. The van der Waals surface area contributed by atoms with Crippen LogP contribution in [0.3, 0.4) is 0 Å². The van der Waals surface area contributed by atoms with Gasteiger partial charge in [-0.1, -0.05) is 12.0 Å². The van der Waals surface area contributed by atoms with Crippen LogP contribution in [-0.2, 0) is 13.1 Å². The molecule has 3 heterocycles. The molecule has 2 aromatic heterocycles. The van der Waals surface area contributed by atoms with Crippen LogP contribution in [0.2, 0.25) is 0 Å². The molecule has 0 fully saturated rings. The van der Waals surface area contributed by atoms with E-state index in [-0.39, 0.29) is 13.2 Å². The van der Waals surface area contributed by atoms with Gasteiger partial charge in [0.25, 0.3) is 0 Å². The first-order chi connectivity index (χ1) is 9.00. The maximum atomic E-state index is 12.2. The van der Waals surface area contributed by atoms with Crippen LogP contribution >= 0.6 is 0 Å². The summed E-state index contributed by atoms with van der Waals surface area (Å²) < 4.78 is 4.33. The Bertz CT molecular complexity index is 723. The number of aryl methyl sites for hydroxylation is 2. The van der Waals surface area contributed by atoms with Crippen molar-refractivity contribution in [3.63, 3.8) is 0 Å². The number of nitrogens with zero attached hydrogens (tertiary/aromatic N) is 4. The van der Waals surface area contributed by atoms with Gasteiger partial charge in [-0.15, -0.1) is 0 Å². The molecule has 20 heavy (non-hydrogen) atoms. The van der Waals surface area contributed by atoms with Crippen molar-refractivity contribution in [2.75, 3.05) is 0 Å². The van der Waals surface area contributed by atoms with Gasteiger partial charge in [-0.3, -0.25) is 0 Å². The van der Waals surface area contributed by atoms with Gasteiger partial charge in [0.15, 0.2) is 0 Å². The van der Waals surface area contributed by atoms with Crippen LogP contribution in [0.25, 0.3) is 5.82 Å². The Kier molecular flexibility index (Phi) is 3.29. The molecule has 0 amide bonds. The van der Waals surface area contributed by atoms with E-state index in [0.717, 1.165) is 16.6 Å². The van der Waals surface area contributed by atoms with E-state index in [1.54, 1.807) is 19.9 Å². The molecule has 0 saturated carbocycles. The quantitative estimate of drug-likeness (QED) is 0.548. The Labute approximate surface area is 115 Å². The maximum absolute atomic E-state index is 12.2. The number of rotatable bonds is 1. The summed E-state index contributed by atoms with van der Waals surface area (Å²) in [5.41, 5.74) is 0.508. The highest BCUT2D eigenvalue weighted by Crippen LogP contribution is 2.08. The van der Waals surface area contributed by atoms with Crippen LogP contribution in [-0.4, -0.2) is 13.9 Å². The molecule has 0 saturated heterocycles. The summed E-state index contributed by atoms with van der Waals surface area (Å²) in [6.07, 6.45) is 2.14. The van der Waals surface area contributed by atoms with Crippen LogP contribution in [0, 0.1) is 19.1 Å². The van der Waals surface area contributed by atoms with Gasteiger partial charge in [-0.05, 0) is 31.9 Å². The van der Waals surface area contributed by atoms with Gasteiger partial charge in [0, 0.05) is 18.7 Å². The zero-order chi connectivity index (χ0) is 13.7. The van der Waals surface area contributed by atoms with Gasteiger partial charge in [-0.2, -0.15) is 0 Å². The van der Waals surface area contributed by atoms with Crippen molar-refractivity contribution >= 4 is 0 Å². The number of pyridine rings is 1. The average molecular weight is 278 g/mol. The molecule has 2 aromatic rings. The normalized spacial score (nSPS) is 13.1. The monoisotopic (exact) mass is 278 g/mol. The van der Waals surface area contributed by atoms with Crippen LogP contribution < -0.4 is 16.1 Å². The molecule has 1 aliphatic rings. The van der Waals surface area contributed by atoms with Crippen molar-refractivity contribution in [2.45, 2.75) is 40.8 Å². The number of hydrogen-bond acceptors (Lipinski definition) is 3. The molecule has 7 nitrogen and oxygen atoms in total. The van der Waals surface area contributed by atoms with Crippen LogP contribution in [0.15, 0.2) is 21.9 Å². The highest BCUT2D eigenvalue weighted by Gasteiger charge is 2.29. The summed E-state index contributed by atoms with van der Waals surface area (Å²) in [5.74, 6) is 0.0926. The zero-order valence-corrected chi connectivity index (χ0v) is 10.8. The minimum absolute atomic E-state index is 0. The van der Waals surface area contributed by atoms with Gasteiger partial charge in [-0.25, -0.2) is 23.7 Å². The average Bonchev–Trinajstić information content (AvgIpc) is 2.87. The van der Waals surface area contributed by atoms with Crippen molar-refractivity contribution in [1.82, 2.24) is 13.9 Å². The van der Waals surface area contributed by atoms with Crippen molar-refractivity contribution in [2.24, 2.45) is 0 Å². The first-order valence-electron chi connectivity index (χ1n) is 6.14. The first-order valence-corrected chi connectivity index (χ1v) is 6.14. The van der Waals surface area contributed by atoms with E-state index in [1.165, 1.54) is 15.6 Å². The van der Waals surface area contributed by atoms with Gasteiger partial charge in [0.2, 0.25) is 0 Å². The molecule has 108 valence electrons. The lowest BCUT2D eigenvalue weighted by molar-refractivity contribution is -0.600. The summed E-state index contributed by atoms with van der Waals surface area (Å²) in [6.45, 7) is 4.55. The molecular formula is C13H18N4O3. The summed E-state index contributed by atoms with van der Waals surface area (Å²) in [5, 5.41) is 12.0. The molecule has 0 aliphatic carbocycles. The highest BCUT2D eigenvalue weighted by molar-refractivity contribution is 5.30. The van der Waals surface area contributed by atoms with Crippen molar-refractivity contribution < 1.29 is 4.73 Å². The first kappa shape index (κ1) is 14.1. The molecule has 0 aromatic carbocycles. The third-order valence-corrected chi connectivity index (χ3v) is 3.39. The summed E-state index contributed by atoms with van der Waals surface area (Å²) in [7, 11) is 0. The molecule has 3 rings (SSSR count). The Morgan fingerprint density at radius 2 is 1.70 bits per heavy atom. The Morgan fingerprint density at radius 3 is 2.20 bits per heavy atom. The zero-order valence-electron chi connectivity index (χ0n) is 10.8. The van der Waals surface area contributed by atoms with Crippen molar-refractivity contribution in [3.8, 4) is 5.82 Å². The fraction of sp³-hybridized carbons (Fsp3) is 0.462. The lowest BCUT2D eigenvalue weighted by Crippen LogP contribution is -2.41. The number of fused-ring (bicyclic) bond motifs is 1. The lowest BCUT2D eigenvalue weighted by Gasteiger charge is -2.09. The highest BCUT2D eigenvalue weighted by atomic mass is 16.5. The number of aromatic nitrogens is 4. The summed E-state index contributed by atoms with van der Waals surface area (Å²) in [4.78, 5) is 24.4. The smallest absolute Gasteiger partial charge is 0.439 e. The summed E-state index contributed by atoms with van der Waals surface area (Å²) in [6, 6.07) is 1.78. The van der Waals surface area contributed by atoms with Crippen molar-refractivity contribution in [3.05, 3.63) is 49.6 Å². The van der Waals surface area contributed by atoms with E-state index in [9.17, 15) is 14.8 Å². The predicted octanol–water partition coefficient (Wildman–Crippen LogP) is 0.0907. The molecule has 0 radical (unpaired) electrons. The molecule has 0 bridgehead atoms. The fourth-order valence-corrected chi connectivity index (χ4v) is 2.64. The molecule has 0 N–H and O–H groups in total. The Morgan fingerprint density at radius 1 is 1.15 bits per heavy atom. The molecular weight excluding hydrogens is 260 g/mol. The minimum atomic E-state index is -0.445. The second-order valence-electron chi connectivity index (χ2n) is 4.85. The lowest BCUT2D eigenvalue weighted by atomic mass is 10.2. The minimum Gasteiger partial charge on any atom is -0.711 e. The third-order valence-electron chi connectivity index (χ3n) is 3.39. The Hall–Kier alpha value is -2.31. The molecule has 1 aliphatic heterocycles. The number of hydrogen-bond donors (Lipinski definition) is 0. The summed E-state index contributed by atoms with van der Waals surface area (Å²) >= 11 is 0. The standard InChI is InChI=1S/C12H14N4O3.CH4/c1-8-6-9(2)10(15(19)7-8)16-11(17)13-4-3-5-14(13)12(16)18;/h6-7H,3-5H2,1-2H3;1H4. The molecule has 0 spiro atoms. The third kappa shape index (κ3) is 1.77. The van der Waals surface area contributed by atoms with E-state index in [0.29, 0.717) is 23.4 Å².